The monoisotopic (exact) mass is 402 g/mol. The SMILES string of the molecule is CCOC(=O)c1c(-c2ccccc2F)nn2c1OCC(CN1CCN(C)CC1)C2. The number of ether oxygens (including phenoxy) is 2. The second kappa shape index (κ2) is 8.51. The molecule has 1 unspecified atom stereocenters. The summed E-state index contributed by atoms with van der Waals surface area (Å²) >= 11 is 0. The third kappa shape index (κ3) is 4.13. The Labute approximate surface area is 170 Å². The molecule has 0 aliphatic carbocycles. The molecule has 1 fully saturated rings. The van der Waals surface area contributed by atoms with Crippen molar-refractivity contribution < 1.29 is 18.7 Å². The number of carbonyl (C=O) groups is 1. The fourth-order valence-electron chi connectivity index (χ4n) is 3.95. The van der Waals surface area contributed by atoms with Gasteiger partial charge in [-0.2, -0.15) is 5.10 Å². The molecule has 0 amide bonds. The predicted molar refractivity (Wildman–Crippen MR) is 106 cm³/mol. The van der Waals surface area contributed by atoms with Gasteiger partial charge in [-0.1, -0.05) is 12.1 Å². The van der Waals surface area contributed by atoms with Gasteiger partial charge in [-0.15, -0.1) is 0 Å². The molecule has 1 aromatic carbocycles. The lowest BCUT2D eigenvalue weighted by molar-refractivity contribution is 0.0512. The molecule has 1 aromatic heterocycles. The van der Waals surface area contributed by atoms with Gasteiger partial charge in [-0.3, -0.25) is 0 Å². The van der Waals surface area contributed by atoms with Gasteiger partial charge >= 0.3 is 5.97 Å². The van der Waals surface area contributed by atoms with Gasteiger partial charge in [0, 0.05) is 44.2 Å². The van der Waals surface area contributed by atoms with Gasteiger partial charge in [0.1, 0.15) is 17.1 Å². The lowest BCUT2D eigenvalue weighted by Crippen LogP contribution is -2.47. The zero-order chi connectivity index (χ0) is 20.4. The molecule has 1 atom stereocenters. The molecule has 0 N–H and O–H groups in total. The van der Waals surface area contributed by atoms with Gasteiger partial charge < -0.3 is 19.3 Å². The van der Waals surface area contributed by atoms with E-state index in [0.29, 0.717) is 19.0 Å². The van der Waals surface area contributed by atoms with Gasteiger partial charge in [-0.05, 0) is 26.1 Å². The fraction of sp³-hybridized carbons (Fsp3) is 0.524. The van der Waals surface area contributed by atoms with E-state index in [1.807, 2.05) is 0 Å². The average molecular weight is 402 g/mol. The topological polar surface area (TPSA) is 59.8 Å². The maximum Gasteiger partial charge on any atom is 0.345 e. The molecule has 7 nitrogen and oxygen atoms in total. The van der Waals surface area contributed by atoms with E-state index in [-0.39, 0.29) is 29.3 Å². The highest BCUT2D eigenvalue weighted by atomic mass is 19.1. The first-order valence-electron chi connectivity index (χ1n) is 10.1. The number of rotatable bonds is 5. The number of likely N-dealkylation sites (N-methyl/N-ethyl adjacent to an activating group) is 1. The Hall–Kier alpha value is -2.45. The minimum Gasteiger partial charge on any atom is -0.477 e. The number of fused-ring (bicyclic) bond motifs is 1. The van der Waals surface area contributed by atoms with Gasteiger partial charge in [0.15, 0.2) is 0 Å². The van der Waals surface area contributed by atoms with Gasteiger partial charge in [0.2, 0.25) is 5.88 Å². The van der Waals surface area contributed by atoms with E-state index in [1.54, 1.807) is 29.8 Å². The number of piperazine rings is 1. The van der Waals surface area contributed by atoms with Gasteiger partial charge in [0.05, 0.1) is 19.8 Å². The molecule has 3 heterocycles. The van der Waals surface area contributed by atoms with Crippen LogP contribution in [0.3, 0.4) is 0 Å². The molecule has 0 bridgehead atoms. The average Bonchev–Trinajstić information content (AvgIpc) is 3.09. The van der Waals surface area contributed by atoms with Crippen molar-refractivity contribution in [2.75, 3.05) is 53.0 Å². The van der Waals surface area contributed by atoms with Crippen molar-refractivity contribution >= 4 is 5.97 Å². The maximum absolute atomic E-state index is 14.4. The van der Waals surface area contributed by atoms with Gasteiger partial charge in [0.25, 0.3) is 0 Å². The van der Waals surface area contributed by atoms with Crippen LogP contribution < -0.4 is 4.74 Å². The molecule has 29 heavy (non-hydrogen) atoms. The molecule has 156 valence electrons. The smallest absolute Gasteiger partial charge is 0.345 e. The largest absolute Gasteiger partial charge is 0.477 e. The molecule has 0 radical (unpaired) electrons. The van der Waals surface area contributed by atoms with Crippen LogP contribution in [-0.4, -0.2) is 78.5 Å². The number of benzene rings is 1. The molecule has 1 saturated heterocycles. The molecule has 2 aromatic rings. The highest BCUT2D eigenvalue weighted by Gasteiger charge is 2.33. The number of hydrogen-bond acceptors (Lipinski definition) is 6. The molecular formula is C21H27FN4O3. The number of hydrogen-bond donors (Lipinski definition) is 0. The number of esters is 1. The van der Waals surface area contributed by atoms with Crippen molar-refractivity contribution in [3.05, 3.63) is 35.6 Å². The summed E-state index contributed by atoms with van der Waals surface area (Å²) in [5.74, 6) is -0.336. The first kappa shape index (κ1) is 19.8. The fourth-order valence-corrected chi connectivity index (χ4v) is 3.95. The normalized spacial score (nSPS) is 20.2. The number of aromatic nitrogens is 2. The zero-order valence-corrected chi connectivity index (χ0v) is 16.9. The van der Waals surface area contributed by atoms with E-state index >= 15 is 0 Å². The van der Waals surface area contributed by atoms with E-state index in [9.17, 15) is 9.18 Å². The van der Waals surface area contributed by atoms with Crippen LogP contribution in [-0.2, 0) is 11.3 Å². The second-order valence-corrected chi connectivity index (χ2v) is 7.69. The van der Waals surface area contributed by atoms with Crippen LogP contribution in [0, 0.1) is 11.7 Å². The third-order valence-corrected chi connectivity index (χ3v) is 5.51. The van der Waals surface area contributed by atoms with Gasteiger partial charge in [-0.25, -0.2) is 13.9 Å². The minimum absolute atomic E-state index is 0.204. The Morgan fingerprint density at radius 1 is 1.28 bits per heavy atom. The molecule has 8 heteroatoms. The summed E-state index contributed by atoms with van der Waals surface area (Å²) in [7, 11) is 2.14. The van der Waals surface area contributed by atoms with Crippen LogP contribution in [0.1, 0.15) is 17.3 Å². The van der Waals surface area contributed by atoms with E-state index in [4.69, 9.17) is 9.47 Å². The van der Waals surface area contributed by atoms with Crippen molar-refractivity contribution in [1.82, 2.24) is 19.6 Å². The Morgan fingerprint density at radius 2 is 2.03 bits per heavy atom. The number of halogens is 1. The highest BCUT2D eigenvalue weighted by molar-refractivity contribution is 5.99. The van der Waals surface area contributed by atoms with Crippen LogP contribution in [0.2, 0.25) is 0 Å². The minimum atomic E-state index is -0.537. The quantitative estimate of drug-likeness (QED) is 0.714. The van der Waals surface area contributed by atoms with E-state index in [0.717, 1.165) is 32.7 Å². The highest BCUT2D eigenvalue weighted by Crippen LogP contribution is 2.35. The van der Waals surface area contributed by atoms with Crippen LogP contribution in [0.25, 0.3) is 11.3 Å². The molecule has 2 aliphatic rings. The van der Waals surface area contributed by atoms with E-state index in [1.165, 1.54) is 6.07 Å². The zero-order valence-electron chi connectivity index (χ0n) is 16.9. The second-order valence-electron chi connectivity index (χ2n) is 7.69. The first-order chi connectivity index (χ1) is 14.1. The summed E-state index contributed by atoms with van der Waals surface area (Å²) in [5.41, 5.74) is 0.753. The van der Waals surface area contributed by atoms with Crippen LogP contribution in [0.15, 0.2) is 24.3 Å². The van der Waals surface area contributed by atoms with Crippen molar-refractivity contribution in [2.45, 2.75) is 13.5 Å². The molecule has 4 rings (SSSR count). The Morgan fingerprint density at radius 3 is 2.76 bits per heavy atom. The summed E-state index contributed by atoms with van der Waals surface area (Å²) in [6.45, 7) is 8.20. The summed E-state index contributed by atoms with van der Waals surface area (Å²) < 4.78 is 27.3. The Bertz CT molecular complexity index is 877. The maximum atomic E-state index is 14.4. The van der Waals surface area contributed by atoms with E-state index in [2.05, 4.69) is 21.9 Å². The lowest BCUT2D eigenvalue weighted by Gasteiger charge is -2.35. The summed E-state index contributed by atoms with van der Waals surface area (Å²) in [6, 6.07) is 6.32. The summed E-state index contributed by atoms with van der Waals surface area (Å²) in [4.78, 5) is 17.4. The summed E-state index contributed by atoms with van der Waals surface area (Å²) in [5, 5.41) is 4.56. The van der Waals surface area contributed by atoms with Crippen LogP contribution >= 0.6 is 0 Å². The van der Waals surface area contributed by atoms with E-state index < -0.39 is 11.8 Å². The summed E-state index contributed by atoms with van der Waals surface area (Å²) in [6.07, 6.45) is 0. The molecule has 0 saturated carbocycles. The lowest BCUT2D eigenvalue weighted by atomic mass is 10.1. The Kier molecular flexibility index (Phi) is 5.82. The predicted octanol–water partition coefficient (Wildman–Crippen LogP) is 2.12. The molecule has 2 aliphatic heterocycles. The van der Waals surface area contributed by atoms with Crippen LogP contribution in [0.4, 0.5) is 4.39 Å². The number of carbonyl (C=O) groups excluding carboxylic acids is 1. The Balaban J connectivity index is 1.60. The number of nitrogens with zero attached hydrogens (tertiary/aromatic N) is 4. The standard InChI is InChI=1S/C21H27FN4O3/c1-3-28-21(27)18-19(16-6-4-5-7-17(16)22)23-26-13-15(14-29-20(18)26)12-25-10-8-24(2)9-11-25/h4-7,15H,3,8-14H2,1-2H3. The first-order valence-corrected chi connectivity index (χ1v) is 10.1. The molecule has 0 spiro atoms. The van der Waals surface area contributed by atoms with Crippen molar-refractivity contribution in [1.29, 1.82) is 0 Å². The molecular weight excluding hydrogens is 375 g/mol. The van der Waals surface area contributed by atoms with Crippen molar-refractivity contribution in [3.63, 3.8) is 0 Å². The third-order valence-electron chi connectivity index (χ3n) is 5.51. The van der Waals surface area contributed by atoms with Crippen molar-refractivity contribution in [2.24, 2.45) is 5.92 Å². The van der Waals surface area contributed by atoms with Crippen molar-refractivity contribution in [3.8, 4) is 17.1 Å². The van der Waals surface area contributed by atoms with Crippen LogP contribution in [0.5, 0.6) is 5.88 Å².